The molecule has 0 amide bonds. The minimum absolute atomic E-state index is 0.0122. The molecule has 0 N–H and O–H groups in total. The van der Waals surface area contributed by atoms with Gasteiger partial charge in [0, 0.05) is 11.8 Å². The van der Waals surface area contributed by atoms with Gasteiger partial charge >= 0.3 is 5.97 Å². The number of carbonyl (C=O) groups excluding carboxylic acids is 2. The molecule has 2 aromatic carbocycles. The van der Waals surface area contributed by atoms with E-state index in [1.165, 1.54) is 18.2 Å². The van der Waals surface area contributed by atoms with Crippen LogP contribution in [0.5, 0.6) is 11.5 Å². The average molecular weight is 390 g/mol. The zero-order valence-electron chi connectivity index (χ0n) is 14.9. The van der Waals surface area contributed by atoms with E-state index in [0.717, 1.165) is 6.26 Å². The number of esters is 1. The van der Waals surface area contributed by atoms with Crippen LogP contribution in [0.15, 0.2) is 41.3 Å². The van der Waals surface area contributed by atoms with Crippen LogP contribution in [0.4, 0.5) is 0 Å². The first-order valence-corrected chi connectivity index (χ1v) is 10.1. The fourth-order valence-corrected chi connectivity index (χ4v) is 3.21. The number of hydrogen-bond acceptors (Lipinski definition) is 7. The maximum absolute atomic E-state index is 12.3. The van der Waals surface area contributed by atoms with Crippen molar-refractivity contribution in [3.05, 3.63) is 53.1 Å². The quantitative estimate of drug-likeness (QED) is 0.570. The Balaban J connectivity index is 1.71. The topological polar surface area (TPSA) is 96.0 Å². The summed E-state index contributed by atoms with van der Waals surface area (Å²) in [5.74, 6) is -0.140. The molecule has 0 fully saturated rings. The Morgan fingerprint density at radius 3 is 2.44 bits per heavy atom. The minimum Gasteiger partial charge on any atom is -0.486 e. The summed E-state index contributed by atoms with van der Waals surface area (Å²) >= 11 is 0. The Kier molecular flexibility index (Phi) is 5.18. The predicted molar refractivity (Wildman–Crippen MR) is 96.3 cm³/mol. The van der Waals surface area contributed by atoms with Crippen molar-refractivity contribution in [2.75, 3.05) is 26.1 Å². The van der Waals surface area contributed by atoms with Gasteiger partial charge in [0.05, 0.1) is 10.5 Å². The van der Waals surface area contributed by atoms with Gasteiger partial charge in [-0.05, 0) is 42.8 Å². The van der Waals surface area contributed by atoms with Crippen LogP contribution in [0, 0.1) is 6.92 Å². The largest absolute Gasteiger partial charge is 0.486 e. The van der Waals surface area contributed by atoms with Crippen LogP contribution >= 0.6 is 0 Å². The summed E-state index contributed by atoms with van der Waals surface area (Å²) in [6, 6.07) is 8.93. The van der Waals surface area contributed by atoms with E-state index in [1.54, 1.807) is 25.1 Å². The van der Waals surface area contributed by atoms with E-state index in [9.17, 15) is 18.0 Å². The Morgan fingerprint density at radius 2 is 1.74 bits per heavy atom. The van der Waals surface area contributed by atoms with Gasteiger partial charge in [0.1, 0.15) is 13.2 Å². The van der Waals surface area contributed by atoms with Crippen molar-refractivity contribution in [3.63, 3.8) is 0 Å². The third kappa shape index (κ3) is 4.28. The summed E-state index contributed by atoms with van der Waals surface area (Å²) in [6.07, 6.45) is 1.05. The molecule has 0 atom stereocenters. The Bertz CT molecular complexity index is 1010. The minimum atomic E-state index is -3.46. The van der Waals surface area contributed by atoms with E-state index < -0.39 is 28.2 Å². The van der Waals surface area contributed by atoms with Gasteiger partial charge in [-0.25, -0.2) is 13.2 Å². The van der Waals surface area contributed by atoms with Crippen LogP contribution in [0.3, 0.4) is 0 Å². The molecule has 1 heterocycles. The number of Topliss-reactive ketones (excluding diaryl/α,β-unsaturated/α-hetero) is 1. The van der Waals surface area contributed by atoms with E-state index in [2.05, 4.69) is 0 Å². The monoisotopic (exact) mass is 390 g/mol. The maximum Gasteiger partial charge on any atom is 0.338 e. The summed E-state index contributed by atoms with van der Waals surface area (Å²) in [7, 11) is -3.46. The van der Waals surface area contributed by atoms with Gasteiger partial charge in [-0.2, -0.15) is 0 Å². The average Bonchev–Trinajstić information content (AvgIpc) is 2.64. The molecule has 0 radical (unpaired) electrons. The zero-order valence-corrected chi connectivity index (χ0v) is 15.7. The first kappa shape index (κ1) is 18.9. The van der Waals surface area contributed by atoms with E-state index in [-0.39, 0.29) is 10.5 Å². The summed E-state index contributed by atoms with van der Waals surface area (Å²) in [6.45, 7) is 2.03. The number of carbonyl (C=O) groups is 2. The van der Waals surface area contributed by atoms with Crippen LogP contribution in [0.1, 0.15) is 26.3 Å². The SMILES string of the molecule is Cc1ccc(S(C)(=O)=O)cc1C(=O)OCC(=O)c1ccc2c(c1)OCCO2. The number of rotatable bonds is 5. The highest BCUT2D eigenvalue weighted by Crippen LogP contribution is 2.30. The van der Waals surface area contributed by atoms with Crippen molar-refractivity contribution in [2.24, 2.45) is 0 Å². The van der Waals surface area contributed by atoms with Crippen molar-refractivity contribution >= 4 is 21.6 Å². The lowest BCUT2D eigenvalue weighted by Gasteiger charge is -2.18. The van der Waals surface area contributed by atoms with E-state index in [0.29, 0.717) is 35.8 Å². The van der Waals surface area contributed by atoms with E-state index >= 15 is 0 Å². The second kappa shape index (κ2) is 7.40. The van der Waals surface area contributed by atoms with E-state index in [4.69, 9.17) is 14.2 Å². The molecule has 27 heavy (non-hydrogen) atoms. The van der Waals surface area contributed by atoms with Crippen molar-refractivity contribution in [3.8, 4) is 11.5 Å². The molecule has 0 saturated heterocycles. The Labute approximate surface area is 156 Å². The van der Waals surface area contributed by atoms with Gasteiger partial charge < -0.3 is 14.2 Å². The highest BCUT2D eigenvalue weighted by molar-refractivity contribution is 7.90. The third-order valence-corrected chi connectivity index (χ3v) is 5.17. The van der Waals surface area contributed by atoms with Crippen LogP contribution in [-0.4, -0.2) is 46.2 Å². The third-order valence-electron chi connectivity index (χ3n) is 4.06. The number of sulfone groups is 1. The van der Waals surface area contributed by atoms with Gasteiger partial charge in [0.15, 0.2) is 33.7 Å². The fraction of sp³-hybridized carbons (Fsp3) is 0.263. The van der Waals surface area contributed by atoms with Gasteiger partial charge in [-0.15, -0.1) is 0 Å². The lowest BCUT2D eigenvalue weighted by atomic mass is 10.1. The molecule has 0 spiro atoms. The smallest absolute Gasteiger partial charge is 0.338 e. The Morgan fingerprint density at radius 1 is 1.04 bits per heavy atom. The molecular formula is C19H18O7S. The molecule has 0 saturated carbocycles. The zero-order chi connectivity index (χ0) is 19.6. The summed E-state index contributed by atoms with van der Waals surface area (Å²) < 4.78 is 39.2. The van der Waals surface area contributed by atoms with Crippen molar-refractivity contribution in [2.45, 2.75) is 11.8 Å². The van der Waals surface area contributed by atoms with E-state index in [1.807, 2.05) is 0 Å². The number of benzene rings is 2. The molecule has 7 nitrogen and oxygen atoms in total. The number of ether oxygens (including phenoxy) is 3. The highest BCUT2D eigenvalue weighted by Gasteiger charge is 2.19. The number of aryl methyl sites for hydroxylation is 1. The molecular weight excluding hydrogens is 372 g/mol. The molecule has 0 aromatic heterocycles. The maximum atomic E-state index is 12.3. The molecule has 1 aliphatic heterocycles. The summed E-state index contributed by atoms with van der Waals surface area (Å²) in [5.41, 5.74) is 0.987. The first-order chi connectivity index (χ1) is 12.8. The predicted octanol–water partition coefficient (Wildman–Crippen LogP) is 2.21. The molecule has 1 aliphatic rings. The number of hydrogen-bond donors (Lipinski definition) is 0. The molecule has 2 aromatic rings. The summed E-state index contributed by atoms with van der Waals surface area (Å²) in [4.78, 5) is 24.6. The normalized spacial score (nSPS) is 13.1. The highest BCUT2D eigenvalue weighted by atomic mass is 32.2. The van der Waals surface area contributed by atoms with Crippen LogP contribution in [0.25, 0.3) is 0 Å². The van der Waals surface area contributed by atoms with Crippen LogP contribution in [0.2, 0.25) is 0 Å². The molecule has 8 heteroatoms. The van der Waals surface area contributed by atoms with Gasteiger partial charge in [-0.1, -0.05) is 6.07 Å². The molecule has 0 bridgehead atoms. The molecule has 0 aliphatic carbocycles. The number of ketones is 1. The van der Waals surface area contributed by atoms with Crippen LogP contribution in [-0.2, 0) is 14.6 Å². The lowest BCUT2D eigenvalue weighted by molar-refractivity contribution is 0.0473. The van der Waals surface area contributed by atoms with Gasteiger partial charge in [0.2, 0.25) is 0 Å². The Hall–Kier alpha value is -2.87. The summed E-state index contributed by atoms with van der Waals surface area (Å²) in [5, 5.41) is 0. The molecule has 142 valence electrons. The van der Waals surface area contributed by atoms with Crippen molar-refractivity contribution < 1.29 is 32.2 Å². The number of fused-ring (bicyclic) bond motifs is 1. The van der Waals surface area contributed by atoms with Gasteiger partial charge in [-0.3, -0.25) is 4.79 Å². The molecule has 3 rings (SSSR count). The lowest BCUT2D eigenvalue weighted by Crippen LogP contribution is -2.18. The van der Waals surface area contributed by atoms with Crippen molar-refractivity contribution in [1.29, 1.82) is 0 Å². The van der Waals surface area contributed by atoms with Crippen molar-refractivity contribution in [1.82, 2.24) is 0 Å². The van der Waals surface area contributed by atoms with Crippen LogP contribution < -0.4 is 9.47 Å². The standard InChI is InChI=1S/C19H18O7S/c1-12-3-5-14(27(2,22)23)10-15(12)19(21)26-11-16(20)13-4-6-17-18(9-13)25-8-7-24-17/h3-6,9-10H,7-8,11H2,1-2H3. The molecule has 0 unspecified atom stereocenters. The first-order valence-electron chi connectivity index (χ1n) is 8.16. The fourth-order valence-electron chi connectivity index (χ4n) is 2.56. The second-order valence-corrected chi connectivity index (χ2v) is 8.12. The van der Waals surface area contributed by atoms with Gasteiger partial charge in [0.25, 0.3) is 0 Å². The second-order valence-electron chi connectivity index (χ2n) is 6.11.